The van der Waals surface area contributed by atoms with Gasteiger partial charge in [-0.3, -0.25) is 0 Å². The summed E-state index contributed by atoms with van der Waals surface area (Å²) in [6, 6.07) is 9.60. The summed E-state index contributed by atoms with van der Waals surface area (Å²) in [6.07, 6.45) is 1.51. The fourth-order valence-corrected chi connectivity index (χ4v) is 2.02. The Balaban J connectivity index is 1.71. The van der Waals surface area contributed by atoms with Crippen molar-refractivity contribution in [3.8, 4) is 0 Å². The molecule has 4 heteroatoms. The van der Waals surface area contributed by atoms with Crippen LogP contribution in [0.1, 0.15) is 24.8 Å². The predicted octanol–water partition coefficient (Wildman–Crippen LogP) is 1.83. The van der Waals surface area contributed by atoms with E-state index in [2.05, 4.69) is 5.32 Å². The van der Waals surface area contributed by atoms with E-state index >= 15 is 0 Å². The maximum Gasteiger partial charge on any atom is 0.407 e. The first-order valence-corrected chi connectivity index (χ1v) is 5.89. The molecule has 1 aliphatic rings. The molecule has 1 aromatic carbocycles. The number of carbonyl (C=O) groups excluding carboxylic acids is 1. The lowest BCUT2D eigenvalue weighted by Gasteiger charge is -2.12. The Kier molecular flexibility index (Phi) is 3.98. The number of benzene rings is 1. The first-order chi connectivity index (χ1) is 8.24. The lowest BCUT2D eigenvalue weighted by Crippen LogP contribution is -2.33. The molecule has 0 spiro atoms. The minimum atomic E-state index is -0.409. The number of ether oxygens (including phenoxy) is 1. The Morgan fingerprint density at radius 1 is 1.35 bits per heavy atom. The number of aliphatic hydroxyl groups excluding tert-OH is 1. The van der Waals surface area contributed by atoms with E-state index in [4.69, 9.17) is 4.74 Å². The molecule has 1 aliphatic carbocycles. The van der Waals surface area contributed by atoms with Crippen molar-refractivity contribution in [3.05, 3.63) is 35.9 Å². The topological polar surface area (TPSA) is 58.6 Å². The monoisotopic (exact) mass is 235 g/mol. The van der Waals surface area contributed by atoms with Crippen LogP contribution in [0.2, 0.25) is 0 Å². The Labute approximate surface area is 101 Å². The SMILES string of the molecule is O=C(N[C@@H]1CC[C@H](O)C1)OCc1ccccc1. The van der Waals surface area contributed by atoms with Gasteiger partial charge in [0, 0.05) is 6.04 Å². The molecule has 0 bridgehead atoms. The van der Waals surface area contributed by atoms with Gasteiger partial charge in [-0.05, 0) is 24.8 Å². The van der Waals surface area contributed by atoms with E-state index in [0.717, 1.165) is 18.4 Å². The highest BCUT2D eigenvalue weighted by Gasteiger charge is 2.24. The van der Waals surface area contributed by atoms with Gasteiger partial charge in [0.05, 0.1) is 6.10 Å². The van der Waals surface area contributed by atoms with Crippen LogP contribution in [0.25, 0.3) is 0 Å². The number of amides is 1. The summed E-state index contributed by atoms with van der Waals surface area (Å²) in [6.45, 7) is 0.280. The molecule has 0 unspecified atom stereocenters. The third-order valence-electron chi connectivity index (χ3n) is 2.94. The van der Waals surface area contributed by atoms with E-state index in [1.807, 2.05) is 30.3 Å². The average molecular weight is 235 g/mol. The summed E-state index contributed by atoms with van der Waals surface area (Å²) in [5, 5.41) is 12.1. The van der Waals surface area contributed by atoms with E-state index in [9.17, 15) is 9.90 Å². The fraction of sp³-hybridized carbons (Fsp3) is 0.462. The van der Waals surface area contributed by atoms with Gasteiger partial charge in [-0.1, -0.05) is 30.3 Å². The van der Waals surface area contributed by atoms with E-state index in [1.54, 1.807) is 0 Å². The van der Waals surface area contributed by atoms with Gasteiger partial charge in [-0.25, -0.2) is 4.79 Å². The summed E-state index contributed by atoms with van der Waals surface area (Å²) in [4.78, 5) is 11.5. The van der Waals surface area contributed by atoms with Gasteiger partial charge in [-0.15, -0.1) is 0 Å². The van der Waals surface area contributed by atoms with Gasteiger partial charge >= 0.3 is 6.09 Å². The summed E-state index contributed by atoms with van der Waals surface area (Å²) < 4.78 is 5.09. The third-order valence-corrected chi connectivity index (χ3v) is 2.94. The van der Waals surface area contributed by atoms with Crippen molar-refractivity contribution in [2.45, 2.75) is 38.0 Å². The second-order valence-electron chi connectivity index (χ2n) is 4.37. The molecule has 1 saturated carbocycles. The molecule has 92 valence electrons. The smallest absolute Gasteiger partial charge is 0.407 e. The largest absolute Gasteiger partial charge is 0.445 e. The van der Waals surface area contributed by atoms with Crippen molar-refractivity contribution in [2.24, 2.45) is 0 Å². The van der Waals surface area contributed by atoms with Crippen molar-refractivity contribution in [3.63, 3.8) is 0 Å². The van der Waals surface area contributed by atoms with Crippen molar-refractivity contribution < 1.29 is 14.6 Å². The molecule has 0 saturated heterocycles. The van der Waals surface area contributed by atoms with Crippen LogP contribution in [-0.4, -0.2) is 23.3 Å². The quantitative estimate of drug-likeness (QED) is 0.840. The Morgan fingerprint density at radius 3 is 2.76 bits per heavy atom. The maximum absolute atomic E-state index is 11.5. The molecule has 1 fully saturated rings. The lowest BCUT2D eigenvalue weighted by atomic mass is 10.2. The van der Waals surface area contributed by atoms with E-state index in [-0.39, 0.29) is 18.8 Å². The van der Waals surface area contributed by atoms with Crippen molar-refractivity contribution in [2.75, 3.05) is 0 Å². The summed E-state index contributed by atoms with van der Waals surface area (Å²) in [7, 11) is 0. The molecular weight excluding hydrogens is 218 g/mol. The number of hydrogen-bond donors (Lipinski definition) is 2. The van der Waals surface area contributed by atoms with Crippen molar-refractivity contribution >= 4 is 6.09 Å². The molecule has 0 aliphatic heterocycles. The van der Waals surface area contributed by atoms with Crippen LogP contribution in [0.15, 0.2) is 30.3 Å². The molecule has 0 radical (unpaired) electrons. The fourth-order valence-electron chi connectivity index (χ4n) is 2.02. The third kappa shape index (κ3) is 3.75. The van der Waals surface area contributed by atoms with Gasteiger partial charge in [0.25, 0.3) is 0 Å². The van der Waals surface area contributed by atoms with Crippen LogP contribution >= 0.6 is 0 Å². The van der Waals surface area contributed by atoms with Crippen molar-refractivity contribution in [1.29, 1.82) is 0 Å². The number of nitrogens with one attached hydrogen (secondary N) is 1. The van der Waals surface area contributed by atoms with Crippen molar-refractivity contribution in [1.82, 2.24) is 5.32 Å². The molecule has 4 nitrogen and oxygen atoms in total. The van der Waals surface area contributed by atoms with Gasteiger partial charge < -0.3 is 15.2 Å². The van der Waals surface area contributed by atoms with Gasteiger partial charge in [0.15, 0.2) is 0 Å². The average Bonchev–Trinajstić information content (AvgIpc) is 2.73. The standard InChI is InChI=1S/C13H17NO3/c15-12-7-6-11(8-12)14-13(16)17-9-10-4-2-1-3-5-10/h1-5,11-12,15H,6-9H2,(H,14,16)/t11-,12+/m1/s1. The van der Waals surface area contributed by atoms with Crippen LogP contribution in [0.5, 0.6) is 0 Å². The number of aliphatic hydroxyl groups is 1. The predicted molar refractivity (Wildman–Crippen MR) is 63.4 cm³/mol. The minimum Gasteiger partial charge on any atom is -0.445 e. The molecule has 2 rings (SSSR count). The van der Waals surface area contributed by atoms with E-state index in [0.29, 0.717) is 6.42 Å². The number of carbonyl (C=O) groups is 1. The summed E-state index contributed by atoms with van der Waals surface area (Å²) in [5.41, 5.74) is 0.967. The van der Waals surface area contributed by atoms with Crippen LogP contribution in [0, 0.1) is 0 Å². The van der Waals surface area contributed by atoms with Crippen LogP contribution < -0.4 is 5.32 Å². The zero-order valence-electron chi connectivity index (χ0n) is 9.63. The highest BCUT2D eigenvalue weighted by molar-refractivity contribution is 5.67. The Morgan fingerprint density at radius 2 is 2.12 bits per heavy atom. The second-order valence-corrected chi connectivity index (χ2v) is 4.37. The molecule has 2 atom stereocenters. The zero-order valence-corrected chi connectivity index (χ0v) is 9.63. The minimum absolute atomic E-state index is 0.0493. The van der Waals surface area contributed by atoms with E-state index in [1.165, 1.54) is 0 Å². The van der Waals surface area contributed by atoms with Gasteiger partial charge in [0.2, 0.25) is 0 Å². The first kappa shape index (κ1) is 11.9. The highest BCUT2D eigenvalue weighted by Crippen LogP contribution is 2.18. The molecule has 1 amide bonds. The maximum atomic E-state index is 11.5. The van der Waals surface area contributed by atoms with Gasteiger partial charge in [0.1, 0.15) is 6.61 Å². The first-order valence-electron chi connectivity index (χ1n) is 5.89. The Hall–Kier alpha value is -1.55. The van der Waals surface area contributed by atoms with E-state index < -0.39 is 6.09 Å². The number of alkyl carbamates (subject to hydrolysis) is 1. The number of hydrogen-bond acceptors (Lipinski definition) is 3. The van der Waals surface area contributed by atoms with Crippen LogP contribution in [0.4, 0.5) is 4.79 Å². The summed E-state index contributed by atoms with van der Waals surface area (Å²) >= 11 is 0. The normalized spacial score (nSPS) is 23.4. The molecule has 0 heterocycles. The highest BCUT2D eigenvalue weighted by atomic mass is 16.5. The Bertz CT molecular complexity index is 366. The molecular formula is C13H17NO3. The summed E-state index contributed by atoms with van der Waals surface area (Å²) in [5.74, 6) is 0. The zero-order chi connectivity index (χ0) is 12.1. The lowest BCUT2D eigenvalue weighted by molar-refractivity contribution is 0.134. The molecule has 1 aromatic rings. The number of rotatable bonds is 3. The van der Waals surface area contributed by atoms with Gasteiger partial charge in [-0.2, -0.15) is 0 Å². The molecule has 2 N–H and O–H groups in total. The van der Waals surface area contributed by atoms with Crippen LogP contribution in [0.3, 0.4) is 0 Å². The second kappa shape index (κ2) is 5.68. The molecule has 17 heavy (non-hydrogen) atoms. The van der Waals surface area contributed by atoms with Crippen LogP contribution in [-0.2, 0) is 11.3 Å². The molecule has 0 aromatic heterocycles.